The van der Waals surface area contributed by atoms with Gasteiger partial charge in [0.2, 0.25) is 5.28 Å². The third-order valence-corrected chi connectivity index (χ3v) is 6.17. The standard InChI is InChI=1S/C23H29ClN6O6/c1-6-13(7-2)26-20-16-21(28-23(24)27-20)30(10-25-16)22-19(34-12(5)32)18(33-11(4)31)17(35-22)15-9-14(8-3)36-29-15/h9-10,13,17-19,22H,6-8H2,1-5H3,(H,26,27,28)/t17-,18+,19-,22-/m1/s1. The Balaban J connectivity index is 1.80. The van der Waals surface area contributed by atoms with Gasteiger partial charge in [-0.3, -0.25) is 14.2 Å². The molecule has 13 heteroatoms. The van der Waals surface area contributed by atoms with Crippen molar-refractivity contribution in [1.29, 1.82) is 0 Å². The van der Waals surface area contributed by atoms with Crippen LogP contribution < -0.4 is 5.32 Å². The molecule has 4 rings (SSSR count). The van der Waals surface area contributed by atoms with Gasteiger partial charge in [-0.15, -0.1) is 0 Å². The Hall–Kier alpha value is -3.25. The Morgan fingerprint density at radius 2 is 1.83 bits per heavy atom. The molecular weight excluding hydrogens is 492 g/mol. The van der Waals surface area contributed by atoms with Gasteiger partial charge in [0.15, 0.2) is 35.4 Å². The molecule has 1 N–H and O–H groups in total. The van der Waals surface area contributed by atoms with Crippen LogP contribution in [0.25, 0.3) is 11.2 Å². The number of hydrogen-bond donors (Lipinski definition) is 1. The van der Waals surface area contributed by atoms with E-state index >= 15 is 0 Å². The van der Waals surface area contributed by atoms with Gasteiger partial charge in [0.05, 0.1) is 6.33 Å². The number of ether oxygens (including phenoxy) is 3. The number of halogens is 1. The van der Waals surface area contributed by atoms with Crippen molar-refractivity contribution in [3.8, 4) is 0 Å². The van der Waals surface area contributed by atoms with Gasteiger partial charge in [0.1, 0.15) is 17.6 Å². The van der Waals surface area contributed by atoms with Gasteiger partial charge < -0.3 is 24.1 Å². The first-order chi connectivity index (χ1) is 17.2. The number of nitrogens with one attached hydrogen (secondary N) is 1. The molecule has 1 saturated heterocycles. The van der Waals surface area contributed by atoms with Crippen LogP contribution in [0.15, 0.2) is 16.9 Å². The largest absolute Gasteiger partial charge is 0.455 e. The monoisotopic (exact) mass is 520 g/mol. The van der Waals surface area contributed by atoms with Gasteiger partial charge in [-0.2, -0.15) is 9.97 Å². The van der Waals surface area contributed by atoms with E-state index in [2.05, 4.69) is 39.3 Å². The van der Waals surface area contributed by atoms with Crippen LogP contribution in [0.2, 0.25) is 5.28 Å². The van der Waals surface area contributed by atoms with Gasteiger partial charge >= 0.3 is 11.9 Å². The van der Waals surface area contributed by atoms with E-state index in [0.717, 1.165) is 12.8 Å². The lowest BCUT2D eigenvalue weighted by atomic mass is 10.1. The molecule has 0 amide bonds. The van der Waals surface area contributed by atoms with Crippen molar-refractivity contribution in [2.45, 2.75) is 84.5 Å². The summed E-state index contributed by atoms with van der Waals surface area (Å²) in [4.78, 5) is 37.2. The van der Waals surface area contributed by atoms with E-state index in [-0.39, 0.29) is 11.3 Å². The Morgan fingerprint density at radius 3 is 2.44 bits per heavy atom. The van der Waals surface area contributed by atoms with Crippen molar-refractivity contribution in [3.63, 3.8) is 0 Å². The molecule has 0 unspecified atom stereocenters. The molecule has 36 heavy (non-hydrogen) atoms. The summed E-state index contributed by atoms with van der Waals surface area (Å²) < 4.78 is 24.4. The first kappa shape index (κ1) is 25.8. The Bertz CT molecular complexity index is 1240. The zero-order valence-corrected chi connectivity index (χ0v) is 21.5. The number of imidazole rings is 1. The average Bonchev–Trinajstić information content (AvgIpc) is 3.54. The summed E-state index contributed by atoms with van der Waals surface area (Å²) in [5, 5.41) is 7.45. The lowest BCUT2D eigenvalue weighted by molar-refractivity contribution is -0.165. The van der Waals surface area contributed by atoms with E-state index in [4.69, 9.17) is 30.3 Å². The highest BCUT2D eigenvalue weighted by Gasteiger charge is 2.52. The quantitative estimate of drug-likeness (QED) is 0.325. The highest BCUT2D eigenvalue weighted by Crippen LogP contribution is 2.43. The minimum atomic E-state index is -1.03. The molecule has 3 aromatic heterocycles. The third-order valence-electron chi connectivity index (χ3n) is 6.01. The van der Waals surface area contributed by atoms with Crippen LogP contribution in [-0.4, -0.2) is 54.9 Å². The molecule has 0 aromatic carbocycles. The third kappa shape index (κ3) is 5.14. The molecule has 3 aromatic rings. The van der Waals surface area contributed by atoms with E-state index in [0.29, 0.717) is 34.9 Å². The lowest BCUT2D eigenvalue weighted by Crippen LogP contribution is -2.36. The van der Waals surface area contributed by atoms with Crippen molar-refractivity contribution in [2.24, 2.45) is 0 Å². The van der Waals surface area contributed by atoms with Crippen molar-refractivity contribution in [2.75, 3.05) is 5.32 Å². The summed E-state index contributed by atoms with van der Waals surface area (Å²) in [5.74, 6) is -0.0267. The van der Waals surface area contributed by atoms with Crippen LogP contribution in [0.3, 0.4) is 0 Å². The lowest BCUT2D eigenvalue weighted by Gasteiger charge is -2.23. The number of anilines is 1. The molecule has 194 valence electrons. The molecule has 4 atom stereocenters. The van der Waals surface area contributed by atoms with Crippen molar-refractivity contribution < 1.29 is 28.3 Å². The highest BCUT2D eigenvalue weighted by molar-refractivity contribution is 6.28. The summed E-state index contributed by atoms with van der Waals surface area (Å²) in [6, 6.07) is 1.88. The fraction of sp³-hybridized carbons (Fsp3) is 0.565. The fourth-order valence-corrected chi connectivity index (χ4v) is 4.40. The molecule has 12 nitrogen and oxygen atoms in total. The summed E-state index contributed by atoms with van der Waals surface area (Å²) in [5.41, 5.74) is 1.24. The van der Waals surface area contributed by atoms with Crippen molar-refractivity contribution in [3.05, 3.63) is 29.1 Å². The SMILES string of the molecule is CCc1cc([C@H]2O[C@@H](n3cnc4c(NC(CC)CC)nc(Cl)nc43)[C@H](OC(C)=O)[C@H]2OC(C)=O)no1. The van der Waals surface area contributed by atoms with Crippen LogP contribution >= 0.6 is 11.6 Å². The average molecular weight is 521 g/mol. The van der Waals surface area contributed by atoms with Gasteiger partial charge in [-0.1, -0.05) is 25.9 Å². The molecule has 1 aliphatic heterocycles. The minimum absolute atomic E-state index is 0.0110. The second-order valence-corrected chi connectivity index (χ2v) is 8.83. The molecule has 0 spiro atoms. The number of aryl methyl sites for hydroxylation is 1. The van der Waals surface area contributed by atoms with E-state index in [1.165, 1.54) is 20.2 Å². The van der Waals surface area contributed by atoms with Gasteiger partial charge in [-0.25, -0.2) is 4.98 Å². The zero-order valence-electron chi connectivity index (χ0n) is 20.7. The Kier molecular flexibility index (Phi) is 7.74. The predicted molar refractivity (Wildman–Crippen MR) is 128 cm³/mol. The summed E-state index contributed by atoms with van der Waals surface area (Å²) in [7, 11) is 0. The topological polar surface area (TPSA) is 143 Å². The van der Waals surface area contributed by atoms with Crippen LogP contribution in [-0.2, 0) is 30.2 Å². The van der Waals surface area contributed by atoms with Gasteiger partial charge in [0, 0.05) is 32.4 Å². The number of carbonyl (C=O) groups is 2. The molecule has 4 heterocycles. The molecule has 1 fully saturated rings. The van der Waals surface area contributed by atoms with Crippen LogP contribution in [0.5, 0.6) is 0 Å². The Labute approximate surface area is 212 Å². The molecule has 0 radical (unpaired) electrons. The highest BCUT2D eigenvalue weighted by atomic mass is 35.5. The van der Waals surface area contributed by atoms with Crippen molar-refractivity contribution >= 4 is 40.5 Å². The second-order valence-electron chi connectivity index (χ2n) is 8.49. The Morgan fingerprint density at radius 1 is 1.14 bits per heavy atom. The number of rotatable bonds is 9. The first-order valence-corrected chi connectivity index (χ1v) is 12.2. The van der Waals surface area contributed by atoms with E-state index in [9.17, 15) is 9.59 Å². The summed E-state index contributed by atoms with van der Waals surface area (Å²) in [6.45, 7) is 8.59. The van der Waals surface area contributed by atoms with Gasteiger partial charge in [0.25, 0.3) is 0 Å². The van der Waals surface area contributed by atoms with Crippen LogP contribution in [0, 0.1) is 0 Å². The normalized spacial score (nSPS) is 21.8. The number of carbonyl (C=O) groups excluding carboxylic acids is 2. The number of fused-ring (bicyclic) bond motifs is 1. The van der Waals surface area contributed by atoms with Gasteiger partial charge in [-0.05, 0) is 24.4 Å². The molecular formula is C23H29ClN6O6. The zero-order chi connectivity index (χ0) is 26.0. The molecule has 1 aliphatic rings. The first-order valence-electron chi connectivity index (χ1n) is 11.9. The second kappa shape index (κ2) is 10.8. The van der Waals surface area contributed by atoms with E-state index < -0.39 is 36.5 Å². The predicted octanol–water partition coefficient (Wildman–Crippen LogP) is 3.76. The smallest absolute Gasteiger partial charge is 0.303 e. The maximum Gasteiger partial charge on any atom is 0.303 e. The summed E-state index contributed by atoms with van der Waals surface area (Å²) in [6.07, 6.45) is 0.0209. The number of aromatic nitrogens is 5. The maximum absolute atomic E-state index is 12.1. The number of hydrogen-bond acceptors (Lipinski definition) is 11. The van der Waals surface area contributed by atoms with Crippen LogP contribution in [0.1, 0.15) is 71.2 Å². The molecule has 0 bridgehead atoms. The minimum Gasteiger partial charge on any atom is -0.455 e. The fourth-order valence-electron chi connectivity index (χ4n) is 4.23. The number of esters is 2. The summed E-state index contributed by atoms with van der Waals surface area (Å²) >= 11 is 6.27. The van der Waals surface area contributed by atoms with E-state index in [1.54, 1.807) is 10.6 Å². The molecule has 0 saturated carbocycles. The van der Waals surface area contributed by atoms with Crippen molar-refractivity contribution in [1.82, 2.24) is 24.7 Å². The van der Waals surface area contributed by atoms with E-state index in [1.807, 2.05) is 6.92 Å². The number of nitrogens with zero attached hydrogens (tertiary/aromatic N) is 5. The molecule has 0 aliphatic carbocycles. The maximum atomic E-state index is 12.1. The van der Waals surface area contributed by atoms with Crippen LogP contribution in [0.4, 0.5) is 5.82 Å².